The first-order valence-electron chi connectivity index (χ1n) is 5.87. The molecule has 1 atom stereocenters. The van der Waals surface area contributed by atoms with Gasteiger partial charge in [-0.15, -0.1) is 0 Å². The van der Waals surface area contributed by atoms with E-state index in [1.54, 1.807) is 0 Å². The highest BCUT2D eigenvalue weighted by atomic mass is 16.6. The van der Waals surface area contributed by atoms with Gasteiger partial charge in [0.05, 0.1) is 6.07 Å². The summed E-state index contributed by atoms with van der Waals surface area (Å²) >= 11 is 0. The Labute approximate surface area is 101 Å². The van der Waals surface area contributed by atoms with Gasteiger partial charge in [0.15, 0.2) is 11.5 Å². The van der Waals surface area contributed by atoms with Crippen molar-refractivity contribution < 1.29 is 9.47 Å². The third-order valence-electron chi connectivity index (χ3n) is 2.63. The van der Waals surface area contributed by atoms with Gasteiger partial charge in [0.1, 0.15) is 19.3 Å². The van der Waals surface area contributed by atoms with E-state index in [1.165, 1.54) is 0 Å². The maximum absolute atomic E-state index is 9.13. The minimum absolute atomic E-state index is 0.286. The van der Waals surface area contributed by atoms with Crippen molar-refractivity contribution in [1.82, 2.24) is 5.32 Å². The Hall–Kier alpha value is -1.73. The molecule has 0 bridgehead atoms. The summed E-state index contributed by atoms with van der Waals surface area (Å²) in [4.78, 5) is 0. The van der Waals surface area contributed by atoms with Crippen LogP contribution in [0.3, 0.4) is 0 Å². The van der Waals surface area contributed by atoms with Crippen LogP contribution in [-0.4, -0.2) is 19.8 Å². The lowest BCUT2D eigenvalue weighted by molar-refractivity contribution is 0.171. The normalized spacial score (nSPS) is 15.1. The fourth-order valence-electron chi connectivity index (χ4n) is 1.77. The van der Waals surface area contributed by atoms with E-state index >= 15 is 0 Å². The standard InChI is InChI=1S/C13H16N2O2/c1-2-5-15-11(9-14)10-3-4-12-13(8-10)17-7-6-16-12/h3-4,8,11,15H,2,5-7H2,1H3. The first-order valence-corrected chi connectivity index (χ1v) is 5.87. The number of nitrogens with one attached hydrogen (secondary N) is 1. The summed E-state index contributed by atoms with van der Waals surface area (Å²) in [6, 6.07) is 7.62. The predicted molar refractivity (Wildman–Crippen MR) is 64.1 cm³/mol. The Morgan fingerprint density at radius 1 is 1.35 bits per heavy atom. The van der Waals surface area contributed by atoms with Gasteiger partial charge in [-0.1, -0.05) is 13.0 Å². The molecule has 0 radical (unpaired) electrons. The van der Waals surface area contributed by atoms with E-state index in [9.17, 15) is 0 Å². The Morgan fingerprint density at radius 2 is 2.12 bits per heavy atom. The molecule has 0 saturated carbocycles. The molecule has 0 amide bonds. The predicted octanol–water partition coefficient (Wildman–Crippen LogP) is 2.02. The maximum atomic E-state index is 9.13. The molecule has 4 heteroatoms. The van der Waals surface area contributed by atoms with Gasteiger partial charge in [-0.25, -0.2) is 0 Å². The van der Waals surface area contributed by atoms with Crippen LogP contribution in [-0.2, 0) is 0 Å². The van der Waals surface area contributed by atoms with E-state index in [1.807, 2.05) is 18.2 Å². The molecule has 1 unspecified atom stereocenters. The molecule has 0 fully saturated rings. The van der Waals surface area contributed by atoms with Crippen molar-refractivity contribution in [3.63, 3.8) is 0 Å². The van der Waals surface area contributed by atoms with Crippen LogP contribution in [0, 0.1) is 11.3 Å². The van der Waals surface area contributed by atoms with E-state index in [2.05, 4.69) is 18.3 Å². The summed E-state index contributed by atoms with van der Waals surface area (Å²) in [5, 5.41) is 12.3. The molecule has 1 N–H and O–H groups in total. The Morgan fingerprint density at radius 3 is 2.82 bits per heavy atom. The molecule has 17 heavy (non-hydrogen) atoms. The number of ether oxygens (including phenoxy) is 2. The first-order chi connectivity index (χ1) is 8.35. The molecule has 1 heterocycles. The lowest BCUT2D eigenvalue weighted by Gasteiger charge is -2.20. The van der Waals surface area contributed by atoms with Crippen LogP contribution in [0.25, 0.3) is 0 Å². The highest BCUT2D eigenvalue weighted by Gasteiger charge is 2.15. The number of rotatable bonds is 4. The molecule has 1 aromatic carbocycles. The van der Waals surface area contributed by atoms with Gasteiger partial charge in [-0.2, -0.15) is 5.26 Å². The highest BCUT2D eigenvalue weighted by Crippen LogP contribution is 2.32. The average Bonchev–Trinajstić information content (AvgIpc) is 2.39. The molecule has 4 nitrogen and oxygen atoms in total. The molecule has 0 aliphatic carbocycles. The summed E-state index contributed by atoms with van der Waals surface area (Å²) in [6.07, 6.45) is 1.00. The molecule has 90 valence electrons. The summed E-state index contributed by atoms with van der Waals surface area (Å²) in [5.74, 6) is 1.49. The second kappa shape index (κ2) is 5.55. The van der Waals surface area contributed by atoms with Crippen LogP contribution in [0.1, 0.15) is 24.9 Å². The minimum Gasteiger partial charge on any atom is -0.486 e. The topological polar surface area (TPSA) is 54.3 Å². The van der Waals surface area contributed by atoms with Crippen LogP contribution in [0.4, 0.5) is 0 Å². The number of nitrogens with zero attached hydrogens (tertiary/aromatic N) is 1. The van der Waals surface area contributed by atoms with E-state index in [0.717, 1.165) is 30.0 Å². The zero-order chi connectivity index (χ0) is 12.1. The van der Waals surface area contributed by atoms with Crippen molar-refractivity contribution in [2.24, 2.45) is 0 Å². The van der Waals surface area contributed by atoms with E-state index in [-0.39, 0.29) is 6.04 Å². The third-order valence-corrected chi connectivity index (χ3v) is 2.63. The summed E-state index contributed by atoms with van der Waals surface area (Å²) in [5.41, 5.74) is 0.921. The Kier molecular flexibility index (Phi) is 3.84. The fourth-order valence-corrected chi connectivity index (χ4v) is 1.77. The lowest BCUT2D eigenvalue weighted by Crippen LogP contribution is -2.21. The zero-order valence-corrected chi connectivity index (χ0v) is 9.90. The van der Waals surface area contributed by atoms with Crippen molar-refractivity contribution in [1.29, 1.82) is 5.26 Å². The van der Waals surface area contributed by atoms with Crippen LogP contribution in [0.15, 0.2) is 18.2 Å². The van der Waals surface area contributed by atoms with Crippen LogP contribution >= 0.6 is 0 Å². The van der Waals surface area contributed by atoms with E-state index in [0.29, 0.717) is 13.2 Å². The number of hydrogen-bond acceptors (Lipinski definition) is 4. The maximum Gasteiger partial charge on any atom is 0.161 e. The molecule has 0 aromatic heterocycles. The molecule has 0 saturated heterocycles. The molecular weight excluding hydrogens is 216 g/mol. The first kappa shape index (κ1) is 11.7. The Bertz CT molecular complexity index is 426. The Balaban J connectivity index is 2.17. The summed E-state index contributed by atoms with van der Waals surface area (Å²) in [6.45, 7) is 4.05. The monoisotopic (exact) mass is 232 g/mol. The summed E-state index contributed by atoms with van der Waals surface area (Å²) in [7, 11) is 0. The quantitative estimate of drug-likeness (QED) is 0.863. The van der Waals surface area contributed by atoms with Gasteiger partial charge >= 0.3 is 0 Å². The van der Waals surface area contributed by atoms with Crippen LogP contribution in [0.2, 0.25) is 0 Å². The molecule has 0 spiro atoms. The second-order valence-electron chi connectivity index (χ2n) is 3.92. The zero-order valence-electron chi connectivity index (χ0n) is 9.90. The van der Waals surface area contributed by atoms with Gasteiger partial charge in [-0.05, 0) is 30.7 Å². The smallest absolute Gasteiger partial charge is 0.161 e. The van der Waals surface area contributed by atoms with Crippen molar-refractivity contribution in [2.75, 3.05) is 19.8 Å². The number of fused-ring (bicyclic) bond motifs is 1. The fraction of sp³-hybridized carbons (Fsp3) is 0.462. The lowest BCUT2D eigenvalue weighted by atomic mass is 10.1. The van der Waals surface area contributed by atoms with Crippen molar-refractivity contribution >= 4 is 0 Å². The summed E-state index contributed by atoms with van der Waals surface area (Å²) < 4.78 is 10.9. The van der Waals surface area contributed by atoms with Gasteiger partial charge < -0.3 is 9.47 Å². The molecular formula is C13H16N2O2. The minimum atomic E-state index is -0.286. The largest absolute Gasteiger partial charge is 0.486 e. The second-order valence-corrected chi connectivity index (χ2v) is 3.92. The van der Waals surface area contributed by atoms with E-state index in [4.69, 9.17) is 14.7 Å². The van der Waals surface area contributed by atoms with Crippen LogP contribution in [0.5, 0.6) is 11.5 Å². The van der Waals surface area contributed by atoms with Crippen molar-refractivity contribution in [2.45, 2.75) is 19.4 Å². The number of benzene rings is 1. The van der Waals surface area contributed by atoms with Gasteiger partial charge in [-0.3, -0.25) is 5.32 Å². The highest BCUT2D eigenvalue weighted by molar-refractivity contribution is 5.45. The number of hydrogen-bond donors (Lipinski definition) is 1. The van der Waals surface area contributed by atoms with Gasteiger partial charge in [0, 0.05) is 0 Å². The van der Waals surface area contributed by atoms with Gasteiger partial charge in [0.2, 0.25) is 0 Å². The SMILES string of the molecule is CCCNC(C#N)c1ccc2c(c1)OCCO2. The molecule has 1 aromatic rings. The van der Waals surface area contributed by atoms with Crippen molar-refractivity contribution in [3.8, 4) is 17.6 Å². The average molecular weight is 232 g/mol. The van der Waals surface area contributed by atoms with E-state index < -0.39 is 0 Å². The molecule has 1 aliphatic heterocycles. The van der Waals surface area contributed by atoms with Crippen molar-refractivity contribution in [3.05, 3.63) is 23.8 Å². The molecule has 2 rings (SSSR count). The third kappa shape index (κ3) is 2.69. The molecule has 1 aliphatic rings. The van der Waals surface area contributed by atoms with Gasteiger partial charge in [0.25, 0.3) is 0 Å². The number of nitriles is 1. The van der Waals surface area contributed by atoms with Crippen LogP contribution < -0.4 is 14.8 Å².